The number of ketones is 1. The van der Waals surface area contributed by atoms with Crippen molar-refractivity contribution in [2.24, 2.45) is 0 Å². The van der Waals surface area contributed by atoms with Crippen LogP contribution in [0.4, 0.5) is 4.39 Å². The van der Waals surface area contributed by atoms with E-state index < -0.39 is 17.5 Å². The number of carbonyl (C=O) groups is 2. The van der Waals surface area contributed by atoms with Crippen molar-refractivity contribution >= 4 is 17.3 Å². The largest absolute Gasteiger partial charge is 0.497 e. The molecule has 1 unspecified atom stereocenters. The summed E-state index contributed by atoms with van der Waals surface area (Å²) < 4.78 is 31.8. The second-order valence-corrected chi connectivity index (χ2v) is 9.75. The monoisotopic (exact) mass is 524 g/mol. The third-order valence-electron chi connectivity index (χ3n) is 7.12. The molecule has 1 fully saturated rings. The first-order valence-electron chi connectivity index (χ1n) is 13.3. The summed E-state index contributed by atoms with van der Waals surface area (Å²) in [4.78, 5) is 31.0. The molecule has 1 aliphatic heterocycles. The van der Waals surface area contributed by atoms with Crippen molar-refractivity contribution in [3.8, 4) is 11.5 Å². The molecule has 2 aliphatic rings. The Morgan fingerprint density at radius 1 is 1.16 bits per heavy atom. The van der Waals surface area contributed by atoms with Crippen LogP contribution in [0.3, 0.4) is 0 Å². The van der Waals surface area contributed by atoms with Crippen molar-refractivity contribution in [3.63, 3.8) is 0 Å². The lowest BCUT2D eigenvalue weighted by Crippen LogP contribution is -2.38. The molecule has 38 heavy (non-hydrogen) atoms. The molecule has 1 amide bonds. The molecule has 1 heterocycles. The summed E-state index contributed by atoms with van der Waals surface area (Å²) in [6, 6.07) is 9.91. The number of allylic oxidation sites excluding steroid dienone is 2. The van der Waals surface area contributed by atoms with Crippen LogP contribution in [-0.4, -0.2) is 81.6 Å². The summed E-state index contributed by atoms with van der Waals surface area (Å²) in [6.45, 7) is 7.26. The molecule has 0 spiro atoms. The van der Waals surface area contributed by atoms with Crippen LogP contribution in [0, 0.1) is 5.82 Å². The van der Waals surface area contributed by atoms with E-state index in [1.54, 1.807) is 55.5 Å². The van der Waals surface area contributed by atoms with Crippen LogP contribution >= 0.6 is 0 Å². The highest BCUT2D eigenvalue weighted by molar-refractivity contribution is 6.31. The van der Waals surface area contributed by atoms with E-state index in [4.69, 9.17) is 14.2 Å². The molecule has 4 rings (SSSR count). The molecule has 1 saturated heterocycles. The molecule has 0 saturated carbocycles. The van der Waals surface area contributed by atoms with Gasteiger partial charge in [0.1, 0.15) is 17.3 Å². The standard InChI is InChI=1S/C30H37FN2O5/c1-4-16-38-26-11-10-25(31)29-28(26)22(19-24(30(29)35)21-6-8-23(36-3)9-7-21)20-27(34)32(2)12-5-13-33-14-17-37-18-15-33/h6-11,19,22H,4-5,12-18,20H2,1-3H3. The smallest absolute Gasteiger partial charge is 0.223 e. The highest BCUT2D eigenvalue weighted by Crippen LogP contribution is 2.43. The summed E-state index contributed by atoms with van der Waals surface area (Å²) in [5, 5.41) is 0. The van der Waals surface area contributed by atoms with Gasteiger partial charge in [-0.25, -0.2) is 4.39 Å². The van der Waals surface area contributed by atoms with Gasteiger partial charge in [-0.05, 0) is 42.7 Å². The maximum absolute atomic E-state index is 15.2. The minimum atomic E-state index is -0.607. The molecule has 1 atom stereocenters. The quantitative estimate of drug-likeness (QED) is 0.430. The normalized spacial score (nSPS) is 17.5. The molecule has 8 heteroatoms. The summed E-state index contributed by atoms with van der Waals surface area (Å²) in [7, 11) is 3.37. The zero-order chi connectivity index (χ0) is 27.1. The van der Waals surface area contributed by atoms with E-state index >= 15 is 4.39 Å². The van der Waals surface area contributed by atoms with Gasteiger partial charge in [-0.2, -0.15) is 0 Å². The van der Waals surface area contributed by atoms with Crippen LogP contribution < -0.4 is 9.47 Å². The number of amides is 1. The second-order valence-electron chi connectivity index (χ2n) is 9.75. The number of rotatable bonds is 11. The third kappa shape index (κ3) is 6.42. The first kappa shape index (κ1) is 27.8. The Hall–Kier alpha value is -3.23. The van der Waals surface area contributed by atoms with Crippen LogP contribution in [0.5, 0.6) is 11.5 Å². The van der Waals surface area contributed by atoms with Crippen LogP contribution in [-0.2, 0) is 9.53 Å². The van der Waals surface area contributed by atoms with Gasteiger partial charge in [0.2, 0.25) is 5.91 Å². The second kappa shape index (κ2) is 13.0. The minimum absolute atomic E-state index is 0.0142. The molecular formula is C30H37FN2O5. The maximum atomic E-state index is 15.2. The lowest BCUT2D eigenvalue weighted by molar-refractivity contribution is -0.130. The zero-order valence-corrected chi connectivity index (χ0v) is 22.5. The van der Waals surface area contributed by atoms with Crippen LogP contribution in [0.2, 0.25) is 0 Å². The van der Waals surface area contributed by atoms with Gasteiger partial charge in [-0.1, -0.05) is 25.1 Å². The summed E-state index contributed by atoms with van der Waals surface area (Å²) in [5.41, 5.74) is 1.46. The van der Waals surface area contributed by atoms with Gasteiger partial charge in [0.25, 0.3) is 0 Å². The molecule has 0 N–H and O–H groups in total. The van der Waals surface area contributed by atoms with Crippen molar-refractivity contribution in [2.45, 2.75) is 32.1 Å². The molecule has 204 valence electrons. The van der Waals surface area contributed by atoms with Gasteiger partial charge in [-0.3, -0.25) is 14.5 Å². The number of Topliss-reactive ketones (excluding diaryl/α,β-unsaturated/α-hetero) is 1. The molecule has 0 bridgehead atoms. The molecule has 7 nitrogen and oxygen atoms in total. The van der Waals surface area contributed by atoms with E-state index in [0.717, 1.165) is 45.7 Å². The van der Waals surface area contributed by atoms with Crippen molar-refractivity contribution in [1.29, 1.82) is 0 Å². The summed E-state index contributed by atoms with van der Waals surface area (Å²) in [5.74, 6) is -0.472. The summed E-state index contributed by atoms with van der Waals surface area (Å²) >= 11 is 0. The maximum Gasteiger partial charge on any atom is 0.223 e. The van der Waals surface area contributed by atoms with Crippen LogP contribution in [0.25, 0.3) is 5.57 Å². The van der Waals surface area contributed by atoms with E-state index in [1.165, 1.54) is 6.07 Å². The van der Waals surface area contributed by atoms with Gasteiger partial charge in [0.15, 0.2) is 5.78 Å². The van der Waals surface area contributed by atoms with E-state index in [-0.39, 0.29) is 17.9 Å². The van der Waals surface area contributed by atoms with E-state index in [0.29, 0.717) is 41.4 Å². The fourth-order valence-electron chi connectivity index (χ4n) is 4.99. The molecule has 0 aromatic heterocycles. The number of halogens is 1. The van der Waals surface area contributed by atoms with Crippen LogP contribution in [0.1, 0.15) is 53.6 Å². The number of methoxy groups -OCH3 is 1. The molecule has 2 aromatic carbocycles. The third-order valence-corrected chi connectivity index (χ3v) is 7.12. The Labute approximate surface area is 224 Å². The average Bonchev–Trinajstić information content (AvgIpc) is 2.94. The first-order valence-corrected chi connectivity index (χ1v) is 13.3. The van der Waals surface area contributed by atoms with Crippen molar-refractivity contribution in [3.05, 3.63) is 65.0 Å². The predicted molar refractivity (Wildman–Crippen MR) is 144 cm³/mol. The van der Waals surface area contributed by atoms with Gasteiger partial charge in [0.05, 0.1) is 32.5 Å². The number of benzene rings is 2. The highest BCUT2D eigenvalue weighted by Gasteiger charge is 2.34. The number of carbonyl (C=O) groups excluding carboxylic acids is 2. The number of morpholine rings is 1. The predicted octanol–water partition coefficient (Wildman–Crippen LogP) is 4.56. The SMILES string of the molecule is CCCOc1ccc(F)c2c1C(CC(=O)N(C)CCCN1CCOCC1)C=C(c1ccc(OC)cc1)C2=O. The van der Waals surface area contributed by atoms with E-state index in [9.17, 15) is 9.59 Å². The number of hydrogen-bond acceptors (Lipinski definition) is 6. The molecular weight excluding hydrogens is 487 g/mol. The zero-order valence-electron chi connectivity index (χ0n) is 22.5. The fourth-order valence-corrected chi connectivity index (χ4v) is 4.99. The topological polar surface area (TPSA) is 68.3 Å². The molecule has 0 radical (unpaired) electrons. The Balaban J connectivity index is 1.59. The first-order chi connectivity index (χ1) is 18.4. The number of fused-ring (bicyclic) bond motifs is 1. The minimum Gasteiger partial charge on any atom is -0.497 e. The van der Waals surface area contributed by atoms with E-state index in [1.807, 2.05) is 6.92 Å². The summed E-state index contributed by atoms with van der Waals surface area (Å²) in [6.07, 6.45) is 3.53. The molecule has 2 aromatic rings. The Morgan fingerprint density at radius 2 is 1.89 bits per heavy atom. The lowest BCUT2D eigenvalue weighted by atomic mass is 9.78. The number of ether oxygens (including phenoxy) is 3. The van der Waals surface area contributed by atoms with Crippen molar-refractivity contribution < 1.29 is 28.2 Å². The number of nitrogens with zero attached hydrogens (tertiary/aromatic N) is 2. The van der Waals surface area contributed by atoms with Gasteiger partial charge in [-0.15, -0.1) is 0 Å². The number of hydrogen-bond donors (Lipinski definition) is 0. The van der Waals surface area contributed by atoms with Gasteiger partial charge >= 0.3 is 0 Å². The van der Waals surface area contributed by atoms with Crippen LogP contribution in [0.15, 0.2) is 42.5 Å². The van der Waals surface area contributed by atoms with Crippen molar-refractivity contribution in [1.82, 2.24) is 9.80 Å². The van der Waals surface area contributed by atoms with Crippen molar-refractivity contribution in [2.75, 3.05) is 60.2 Å². The van der Waals surface area contributed by atoms with E-state index in [2.05, 4.69) is 4.90 Å². The Kier molecular flexibility index (Phi) is 9.53. The highest BCUT2D eigenvalue weighted by atomic mass is 19.1. The average molecular weight is 525 g/mol. The lowest BCUT2D eigenvalue weighted by Gasteiger charge is -2.29. The Bertz CT molecular complexity index is 1160. The van der Waals surface area contributed by atoms with Gasteiger partial charge in [0, 0.05) is 56.7 Å². The molecule has 1 aliphatic carbocycles. The fraction of sp³-hybridized carbons (Fsp3) is 0.467. The van der Waals surface area contributed by atoms with Gasteiger partial charge < -0.3 is 19.1 Å². The Morgan fingerprint density at radius 3 is 2.58 bits per heavy atom.